The van der Waals surface area contributed by atoms with Gasteiger partial charge in [-0.15, -0.1) is 11.3 Å². The van der Waals surface area contributed by atoms with E-state index in [1.165, 1.54) is 12.0 Å². The van der Waals surface area contributed by atoms with Gasteiger partial charge < -0.3 is 10.4 Å². The molecule has 3 rings (SSSR count). The standard InChI is InChI=1S/C14H18N2OS2/c17-13-4-2-1-3-12(13)15-7-11-9-19-14(16-11)10-5-6-18-8-10/h5-6,8-9,12-13,15,17H,1-4,7H2. The van der Waals surface area contributed by atoms with Crippen LogP contribution in [0.3, 0.4) is 0 Å². The summed E-state index contributed by atoms with van der Waals surface area (Å²) in [6.07, 6.45) is 4.17. The summed E-state index contributed by atoms with van der Waals surface area (Å²) < 4.78 is 0. The molecule has 0 saturated heterocycles. The Balaban J connectivity index is 1.58. The number of thiazole rings is 1. The van der Waals surface area contributed by atoms with Crippen molar-refractivity contribution >= 4 is 22.7 Å². The van der Waals surface area contributed by atoms with Crippen molar-refractivity contribution in [2.75, 3.05) is 0 Å². The smallest absolute Gasteiger partial charge is 0.124 e. The number of hydrogen-bond donors (Lipinski definition) is 2. The fraction of sp³-hybridized carbons (Fsp3) is 0.500. The van der Waals surface area contributed by atoms with Crippen molar-refractivity contribution in [1.29, 1.82) is 0 Å². The highest BCUT2D eigenvalue weighted by molar-refractivity contribution is 7.14. The molecule has 3 nitrogen and oxygen atoms in total. The van der Waals surface area contributed by atoms with E-state index < -0.39 is 0 Å². The molecule has 102 valence electrons. The minimum atomic E-state index is -0.191. The van der Waals surface area contributed by atoms with Gasteiger partial charge in [0.2, 0.25) is 0 Å². The van der Waals surface area contributed by atoms with Gasteiger partial charge in [-0.1, -0.05) is 12.8 Å². The molecule has 0 aromatic carbocycles. The van der Waals surface area contributed by atoms with Gasteiger partial charge in [0, 0.05) is 28.9 Å². The predicted molar refractivity (Wildman–Crippen MR) is 80.5 cm³/mol. The maximum absolute atomic E-state index is 9.92. The molecule has 19 heavy (non-hydrogen) atoms. The minimum absolute atomic E-state index is 0.191. The fourth-order valence-corrected chi connectivity index (χ4v) is 4.02. The normalized spacial score (nSPS) is 23.6. The van der Waals surface area contributed by atoms with Crippen LogP contribution in [0.4, 0.5) is 0 Å². The number of thiophene rings is 1. The molecular weight excluding hydrogens is 276 g/mol. The zero-order valence-corrected chi connectivity index (χ0v) is 12.3. The molecule has 5 heteroatoms. The summed E-state index contributed by atoms with van der Waals surface area (Å²) in [4.78, 5) is 4.64. The largest absolute Gasteiger partial charge is 0.392 e. The molecule has 0 radical (unpaired) electrons. The van der Waals surface area contributed by atoms with Crippen molar-refractivity contribution < 1.29 is 5.11 Å². The molecule has 0 spiro atoms. The zero-order chi connectivity index (χ0) is 13.1. The van der Waals surface area contributed by atoms with Gasteiger partial charge >= 0.3 is 0 Å². The van der Waals surface area contributed by atoms with E-state index >= 15 is 0 Å². The Morgan fingerprint density at radius 2 is 2.21 bits per heavy atom. The van der Waals surface area contributed by atoms with E-state index in [2.05, 4.69) is 32.5 Å². The Hall–Kier alpha value is -0.750. The lowest BCUT2D eigenvalue weighted by molar-refractivity contribution is 0.0901. The summed E-state index contributed by atoms with van der Waals surface area (Å²) in [7, 11) is 0. The Kier molecular flexibility index (Phi) is 4.28. The molecule has 2 aromatic heterocycles. The first kappa shape index (κ1) is 13.2. The maximum Gasteiger partial charge on any atom is 0.124 e. The van der Waals surface area contributed by atoms with E-state index in [4.69, 9.17) is 0 Å². The second kappa shape index (κ2) is 6.13. The number of nitrogens with zero attached hydrogens (tertiary/aromatic N) is 1. The van der Waals surface area contributed by atoms with Crippen LogP contribution in [0.15, 0.2) is 22.2 Å². The molecule has 1 fully saturated rings. The van der Waals surface area contributed by atoms with E-state index in [0.717, 1.165) is 36.5 Å². The second-order valence-electron chi connectivity index (χ2n) is 5.00. The van der Waals surface area contributed by atoms with Crippen molar-refractivity contribution in [3.8, 4) is 10.6 Å². The Morgan fingerprint density at radius 3 is 3.00 bits per heavy atom. The number of rotatable bonds is 4. The van der Waals surface area contributed by atoms with Gasteiger partial charge in [-0.05, 0) is 24.3 Å². The van der Waals surface area contributed by atoms with E-state index in [1.807, 2.05) is 0 Å². The van der Waals surface area contributed by atoms with Crippen LogP contribution in [0.2, 0.25) is 0 Å². The maximum atomic E-state index is 9.92. The predicted octanol–water partition coefficient (Wildman–Crippen LogP) is 3.26. The summed E-state index contributed by atoms with van der Waals surface area (Å²) in [6, 6.07) is 2.34. The average Bonchev–Trinajstić information content (AvgIpc) is 3.09. The Bertz CT molecular complexity index is 509. The highest BCUT2D eigenvalue weighted by atomic mass is 32.1. The Labute approximate surface area is 121 Å². The molecule has 2 N–H and O–H groups in total. The lowest BCUT2D eigenvalue weighted by Crippen LogP contribution is -2.41. The third-order valence-corrected chi connectivity index (χ3v) is 5.22. The Morgan fingerprint density at radius 1 is 1.32 bits per heavy atom. The molecule has 0 aliphatic heterocycles. The van der Waals surface area contributed by atoms with Crippen molar-refractivity contribution in [2.24, 2.45) is 0 Å². The first-order valence-corrected chi connectivity index (χ1v) is 8.53. The average molecular weight is 294 g/mol. The van der Waals surface area contributed by atoms with Crippen molar-refractivity contribution in [3.63, 3.8) is 0 Å². The van der Waals surface area contributed by atoms with E-state index in [1.54, 1.807) is 22.7 Å². The van der Waals surface area contributed by atoms with Gasteiger partial charge in [-0.2, -0.15) is 11.3 Å². The number of aliphatic hydroxyl groups excluding tert-OH is 1. The summed E-state index contributed by atoms with van der Waals surface area (Å²) in [5, 5.41) is 20.8. The SMILES string of the molecule is OC1CCCCC1NCc1csc(-c2ccsc2)n1. The fourth-order valence-electron chi connectivity index (χ4n) is 2.49. The van der Waals surface area contributed by atoms with Crippen LogP contribution in [0.1, 0.15) is 31.4 Å². The zero-order valence-electron chi connectivity index (χ0n) is 10.7. The number of aromatic nitrogens is 1. The van der Waals surface area contributed by atoms with Gasteiger partial charge in [-0.3, -0.25) is 0 Å². The molecule has 1 aliphatic carbocycles. The van der Waals surface area contributed by atoms with Crippen LogP contribution >= 0.6 is 22.7 Å². The molecule has 0 bridgehead atoms. The topological polar surface area (TPSA) is 45.1 Å². The van der Waals surface area contributed by atoms with E-state index in [0.29, 0.717) is 0 Å². The molecular formula is C14H18N2OS2. The molecule has 1 saturated carbocycles. The summed E-state index contributed by atoms with van der Waals surface area (Å²) in [6.45, 7) is 0.752. The summed E-state index contributed by atoms with van der Waals surface area (Å²) >= 11 is 3.39. The molecule has 0 amide bonds. The van der Waals surface area contributed by atoms with Crippen LogP contribution in [0.5, 0.6) is 0 Å². The van der Waals surface area contributed by atoms with Crippen LogP contribution in [-0.4, -0.2) is 22.2 Å². The van der Waals surface area contributed by atoms with Crippen molar-refractivity contribution in [1.82, 2.24) is 10.3 Å². The van der Waals surface area contributed by atoms with Crippen molar-refractivity contribution in [3.05, 3.63) is 27.9 Å². The van der Waals surface area contributed by atoms with Gasteiger partial charge in [-0.25, -0.2) is 4.98 Å². The molecule has 2 atom stereocenters. The van der Waals surface area contributed by atoms with Gasteiger partial charge in [0.05, 0.1) is 11.8 Å². The third kappa shape index (κ3) is 3.23. The number of aliphatic hydroxyl groups is 1. The quantitative estimate of drug-likeness (QED) is 0.909. The van der Waals surface area contributed by atoms with Crippen LogP contribution in [0, 0.1) is 0 Å². The van der Waals surface area contributed by atoms with E-state index in [-0.39, 0.29) is 12.1 Å². The lowest BCUT2D eigenvalue weighted by atomic mass is 9.92. The van der Waals surface area contributed by atoms with E-state index in [9.17, 15) is 5.11 Å². The first-order chi connectivity index (χ1) is 9.33. The summed E-state index contributed by atoms with van der Waals surface area (Å²) in [5.41, 5.74) is 2.28. The number of nitrogens with one attached hydrogen (secondary N) is 1. The third-order valence-electron chi connectivity index (χ3n) is 3.59. The molecule has 2 unspecified atom stereocenters. The highest BCUT2D eigenvalue weighted by Gasteiger charge is 2.22. The molecule has 2 aromatic rings. The monoisotopic (exact) mass is 294 g/mol. The highest BCUT2D eigenvalue weighted by Crippen LogP contribution is 2.26. The second-order valence-corrected chi connectivity index (χ2v) is 6.63. The van der Waals surface area contributed by atoms with Gasteiger partial charge in [0.25, 0.3) is 0 Å². The van der Waals surface area contributed by atoms with Crippen molar-refractivity contribution in [2.45, 2.75) is 44.4 Å². The van der Waals surface area contributed by atoms with Crippen LogP contribution in [0.25, 0.3) is 10.6 Å². The lowest BCUT2D eigenvalue weighted by Gasteiger charge is -2.28. The molecule has 2 heterocycles. The van der Waals surface area contributed by atoms with Crippen LogP contribution < -0.4 is 5.32 Å². The van der Waals surface area contributed by atoms with Gasteiger partial charge in [0.15, 0.2) is 0 Å². The first-order valence-electron chi connectivity index (χ1n) is 6.71. The summed E-state index contributed by atoms with van der Waals surface area (Å²) in [5.74, 6) is 0. The molecule has 1 aliphatic rings. The minimum Gasteiger partial charge on any atom is -0.392 e. The van der Waals surface area contributed by atoms with Crippen LogP contribution in [-0.2, 0) is 6.54 Å². The van der Waals surface area contributed by atoms with Gasteiger partial charge in [0.1, 0.15) is 5.01 Å². The number of hydrogen-bond acceptors (Lipinski definition) is 5.